The monoisotopic (exact) mass is 503 g/mol. The maximum atomic E-state index is 13.0. The van der Waals surface area contributed by atoms with E-state index in [1.165, 1.54) is 18.2 Å². The van der Waals surface area contributed by atoms with Crippen molar-refractivity contribution in [3.63, 3.8) is 0 Å². The minimum Gasteiger partial charge on any atom is -0.490 e. The number of carboxylic acid groups (broad SMARTS) is 1. The predicted octanol–water partition coefficient (Wildman–Crippen LogP) is 7.67. The van der Waals surface area contributed by atoms with Gasteiger partial charge >= 0.3 is 12.1 Å². The summed E-state index contributed by atoms with van der Waals surface area (Å²) in [7, 11) is 0. The molecule has 0 radical (unpaired) electrons. The van der Waals surface area contributed by atoms with Gasteiger partial charge in [-0.15, -0.1) is 0 Å². The van der Waals surface area contributed by atoms with E-state index in [0.717, 1.165) is 36.9 Å². The van der Waals surface area contributed by atoms with Crippen LogP contribution < -0.4 is 10.1 Å². The lowest BCUT2D eigenvalue weighted by Crippen LogP contribution is -2.29. The summed E-state index contributed by atoms with van der Waals surface area (Å²) in [4.78, 5) is 16.7. The number of anilines is 2. The third-order valence-electron chi connectivity index (χ3n) is 6.58. The fraction of sp³-hybridized carbons (Fsp3) is 0.481. The lowest BCUT2D eigenvalue weighted by atomic mass is 9.70. The van der Waals surface area contributed by atoms with E-state index in [2.05, 4.69) is 30.7 Å². The molecule has 1 aliphatic rings. The summed E-state index contributed by atoms with van der Waals surface area (Å²) >= 11 is 0. The number of aromatic nitrogens is 2. The van der Waals surface area contributed by atoms with Crippen molar-refractivity contribution in [1.82, 2.24) is 9.55 Å². The summed E-state index contributed by atoms with van der Waals surface area (Å²) in [5.74, 6) is 0.0552. The number of ether oxygens (including phenoxy) is 1. The van der Waals surface area contributed by atoms with Crippen LogP contribution in [0.4, 0.5) is 24.8 Å². The van der Waals surface area contributed by atoms with Gasteiger partial charge in [0.1, 0.15) is 11.3 Å². The van der Waals surface area contributed by atoms with Crippen LogP contribution in [0.2, 0.25) is 0 Å². The van der Waals surface area contributed by atoms with E-state index in [-0.39, 0.29) is 28.9 Å². The average Bonchev–Trinajstić information content (AvgIpc) is 3.07. The Morgan fingerprint density at radius 3 is 2.42 bits per heavy atom. The van der Waals surface area contributed by atoms with Gasteiger partial charge in [0.2, 0.25) is 5.95 Å². The minimum absolute atomic E-state index is 0.0132. The molecule has 194 valence electrons. The molecular formula is C27H32F3N3O3. The van der Waals surface area contributed by atoms with Gasteiger partial charge in [-0.25, -0.2) is 9.78 Å². The molecule has 2 N–H and O–H groups in total. The zero-order valence-corrected chi connectivity index (χ0v) is 21.1. The average molecular weight is 504 g/mol. The fourth-order valence-corrected chi connectivity index (χ4v) is 5.46. The molecule has 2 aromatic carbocycles. The number of fused-ring (bicyclic) bond motifs is 1. The van der Waals surface area contributed by atoms with E-state index in [0.29, 0.717) is 23.1 Å². The first kappa shape index (κ1) is 25.9. The zero-order chi connectivity index (χ0) is 26.4. The Balaban J connectivity index is 1.86. The number of benzene rings is 2. The molecule has 0 saturated heterocycles. The van der Waals surface area contributed by atoms with Crippen molar-refractivity contribution in [2.24, 2.45) is 11.3 Å². The van der Waals surface area contributed by atoms with Crippen LogP contribution in [0.25, 0.3) is 11.0 Å². The first-order valence-corrected chi connectivity index (χ1v) is 12.1. The second-order valence-corrected chi connectivity index (χ2v) is 10.9. The van der Waals surface area contributed by atoms with Gasteiger partial charge in [-0.05, 0) is 74.8 Å². The Hall–Kier alpha value is -3.23. The lowest BCUT2D eigenvalue weighted by Gasteiger charge is -2.40. The number of hydrogen-bond donors (Lipinski definition) is 2. The van der Waals surface area contributed by atoms with Crippen LogP contribution in [0.5, 0.6) is 5.75 Å². The molecule has 6 nitrogen and oxygen atoms in total. The largest absolute Gasteiger partial charge is 0.490 e. The number of carbonyl (C=O) groups is 1. The normalized spacial score (nSPS) is 20.0. The number of aromatic carboxylic acids is 1. The molecule has 1 unspecified atom stereocenters. The second-order valence-electron chi connectivity index (χ2n) is 10.9. The number of hydrogen-bond acceptors (Lipinski definition) is 4. The van der Waals surface area contributed by atoms with Crippen molar-refractivity contribution in [3.8, 4) is 5.75 Å². The van der Waals surface area contributed by atoms with Crippen LogP contribution in [0.1, 0.15) is 75.8 Å². The fourth-order valence-electron chi connectivity index (χ4n) is 5.46. The van der Waals surface area contributed by atoms with Gasteiger partial charge in [0.25, 0.3) is 0 Å². The highest BCUT2D eigenvalue weighted by Gasteiger charge is 2.35. The first-order chi connectivity index (χ1) is 16.7. The van der Waals surface area contributed by atoms with Crippen molar-refractivity contribution in [3.05, 3.63) is 47.5 Å². The standard InChI is InChI=1S/C27H32F3N3O3/c1-15(2)36-23-12-22-21(11-20(23)24(34)35)32-25(31-18-8-6-17(7-9-18)27(28,29)30)33(22)19-10-16(3)13-26(4,5)14-19/h6-9,11-12,15-16,19H,10,13-14H2,1-5H3,(H,31,32)(H,34,35)/t16?,19-/m0/s1. The number of carboxylic acids is 1. The molecule has 9 heteroatoms. The number of halogens is 3. The van der Waals surface area contributed by atoms with Gasteiger partial charge in [-0.3, -0.25) is 0 Å². The Kier molecular flexibility index (Phi) is 6.70. The van der Waals surface area contributed by atoms with E-state index >= 15 is 0 Å². The lowest BCUT2D eigenvalue weighted by molar-refractivity contribution is -0.137. The van der Waals surface area contributed by atoms with Gasteiger partial charge in [-0.2, -0.15) is 13.2 Å². The summed E-state index contributed by atoms with van der Waals surface area (Å²) in [5.41, 5.74) is 1.03. The van der Waals surface area contributed by atoms with Gasteiger partial charge < -0.3 is 19.7 Å². The molecule has 1 heterocycles. The molecule has 3 aromatic rings. The summed E-state index contributed by atoms with van der Waals surface area (Å²) in [6.07, 6.45) is -1.78. The highest BCUT2D eigenvalue weighted by molar-refractivity contribution is 5.96. The van der Waals surface area contributed by atoms with Crippen LogP contribution in [-0.4, -0.2) is 26.7 Å². The topological polar surface area (TPSA) is 76.4 Å². The highest BCUT2D eigenvalue weighted by atomic mass is 19.4. The number of nitrogens with zero attached hydrogens (tertiary/aromatic N) is 2. The predicted molar refractivity (Wildman–Crippen MR) is 133 cm³/mol. The summed E-state index contributed by atoms with van der Waals surface area (Å²) in [5, 5.41) is 13.0. The maximum absolute atomic E-state index is 13.0. The van der Waals surface area contributed by atoms with E-state index in [4.69, 9.17) is 9.72 Å². The Bertz CT molecular complexity index is 1260. The molecule has 1 saturated carbocycles. The molecule has 1 fully saturated rings. The third kappa shape index (κ3) is 5.44. The van der Waals surface area contributed by atoms with Gasteiger partial charge in [0.15, 0.2) is 0 Å². The van der Waals surface area contributed by atoms with Gasteiger partial charge in [-0.1, -0.05) is 20.8 Å². The smallest absolute Gasteiger partial charge is 0.416 e. The zero-order valence-electron chi connectivity index (χ0n) is 21.1. The van der Waals surface area contributed by atoms with Crippen molar-refractivity contribution < 1.29 is 27.8 Å². The Labute approximate surface area is 208 Å². The van der Waals surface area contributed by atoms with Crippen LogP contribution in [-0.2, 0) is 6.18 Å². The van der Waals surface area contributed by atoms with Crippen molar-refractivity contribution in [2.45, 2.75) is 72.2 Å². The van der Waals surface area contributed by atoms with Gasteiger partial charge in [0, 0.05) is 17.8 Å². The number of alkyl halides is 3. The summed E-state index contributed by atoms with van der Waals surface area (Å²) in [6, 6.07) is 8.08. The number of nitrogens with one attached hydrogen (secondary N) is 1. The van der Waals surface area contributed by atoms with Crippen LogP contribution in [0.3, 0.4) is 0 Å². The van der Waals surface area contributed by atoms with Crippen LogP contribution >= 0.6 is 0 Å². The molecule has 0 amide bonds. The summed E-state index contributed by atoms with van der Waals surface area (Å²) in [6.45, 7) is 10.3. The van der Waals surface area contributed by atoms with Gasteiger partial charge in [0.05, 0.1) is 22.7 Å². The first-order valence-electron chi connectivity index (χ1n) is 12.1. The third-order valence-corrected chi connectivity index (χ3v) is 6.58. The number of imidazole rings is 1. The van der Waals surface area contributed by atoms with Crippen LogP contribution in [0.15, 0.2) is 36.4 Å². The summed E-state index contributed by atoms with van der Waals surface area (Å²) < 4.78 is 47.0. The molecule has 2 atom stereocenters. The SMILES string of the molecule is CC1C[C@H](n2c(Nc3ccc(C(F)(F)F)cc3)nc3cc(C(=O)O)c(OC(C)C)cc32)CC(C)(C)C1. The molecule has 1 aromatic heterocycles. The highest BCUT2D eigenvalue weighted by Crippen LogP contribution is 2.46. The van der Waals surface area contributed by atoms with E-state index in [9.17, 15) is 23.1 Å². The minimum atomic E-state index is -4.42. The molecule has 0 spiro atoms. The molecule has 0 bridgehead atoms. The van der Waals surface area contributed by atoms with Crippen molar-refractivity contribution in [2.75, 3.05) is 5.32 Å². The second kappa shape index (κ2) is 9.33. The molecule has 1 aliphatic carbocycles. The Morgan fingerprint density at radius 1 is 1.19 bits per heavy atom. The molecule has 36 heavy (non-hydrogen) atoms. The Morgan fingerprint density at radius 2 is 1.86 bits per heavy atom. The van der Waals surface area contributed by atoms with Crippen molar-refractivity contribution in [1.29, 1.82) is 0 Å². The van der Waals surface area contributed by atoms with E-state index < -0.39 is 17.7 Å². The van der Waals surface area contributed by atoms with E-state index in [1.54, 1.807) is 6.07 Å². The maximum Gasteiger partial charge on any atom is 0.416 e. The molecule has 4 rings (SSSR count). The number of rotatable bonds is 6. The molecular weight excluding hydrogens is 471 g/mol. The molecule has 0 aliphatic heterocycles. The van der Waals surface area contributed by atoms with Crippen LogP contribution in [0, 0.1) is 11.3 Å². The van der Waals surface area contributed by atoms with E-state index in [1.807, 2.05) is 13.8 Å². The van der Waals surface area contributed by atoms with Crippen molar-refractivity contribution >= 4 is 28.6 Å². The quantitative estimate of drug-likeness (QED) is 0.361.